The average molecular weight is 863 g/mol. The van der Waals surface area contributed by atoms with Crippen LogP contribution in [0.5, 0.6) is 5.88 Å². The van der Waals surface area contributed by atoms with Crippen LogP contribution in [0.15, 0.2) is 87.7 Å². The first kappa shape index (κ1) is 37.1. The smallest absolute Gasteiger partial charge is 0.264 e. The van der Waals surface area contributed by atoms with Crippen molar-refractivity contribution in [2.75, 3.05) is 9.44 Å². The zero-order valence-electron chi connectivity index (χ0n) is 22.9. The first-order chi connectivity index (χ1) is 22.2. The molecule has 0 atom stereocenters. The quantitative estimate of drug-likeness (QED) is 0.148. The van der Waals surface area contributed by atoms with Gasteiger partial charge in [0.1, 0.15) is 26.2 Å². The number of pyridine rings is 1. The molecule has 5 rings (SSSR count). The Bertz CT molecular complexity index is 2140. The number of nitrogens with zero attached hydrogens (tertiary/aromatic N) is 5. The van der Waals surface area contributed by atoms with Gasteiger partial charge in [-0.3, -0.25) is 14.4 Å². The van der Waals surface area contributed by atoms with E-state index in [4.69, 9.17) is 74.3 Å². The molecule has 0 bridgehead atoms. The minimum atomic E-state index is -4.11. The number of hydrogen-bond donors (Lipinski definition) is 2. The van der Waals surface area contributed by atoms with E-state index in [2.05, 4.69) is 50.3 Å². The van der Waals surface area contributed by atoms with Crippen LogP contribution in [-0.4, -0.2) is 41.8 Å². The van der Waals surface area contributed by atoms with E-state index in [9.17, 15) is 16.8 Å². The van der Waals surface area contributed by atoms with Gasteiger partial charge in [-0.05, 0) is 46.3 Å². The van der Waals surface area contributed by atoms with Crippen LogP contribution in [-0.2, 0) is 26.7 Å². The summed E-state index contributed by atoms with van der Waals surface area (Å²) in [4.78, 5) is 19.2. The number of anilines is 2. The minimum absolute atomic E-state index is 0.0152. The van der Waals surface area contributed by atoms with Crippen LogP contribution in [0, 0.1) is 0 Å². The highest BCUT2D eigenvalue weighted by Crippen LogP contribution is 2.32. The second-order valence-electron chi connectivity index (χ2n) is 8.65. The Morgan fingerprint density at radius 2 is 1.34 bits per heavy atom. The van der Waals surface area contributed by atoms with E-state index in [1.54, 1.807) is 24.5 Å². The summed E-state index contributed by atoms with van der Waals surface area (Å²) in [7, 11) is -8.05. The van der Waals surface area contributed by atoms with Crippen molar-refractivity contribution in [1.29, 1.82) is 0 Å². The molecule has 0 aliphatic carbocycles. The van der Waals surface area contributed by atoms with Crippen molar-refractivity contribution in [2.24, 2.45) is 0 Å². The van der Waals surface area contributed by atoms with E-state index in [-0.39, 0.29) is 64.3 Å². The summed E-state index contributed by atoms with van der Waals surface area (Å²) in [5, 5.41) is 0.0672. The van der Waals surface area contributed by atoms with Crippen LogP contribution < -0.4 is 14.2 Å². The monoisotopic (exact) mass is 859 g/mol. The highest BCUT2D eigenvalue weighted by Gasteiger charge is 2.23. The molecular formula is C26H16BrCl6N7O5S2. The van der Waals surface area contributed by atoms with Gasteiger partial charge in [0.05, 0.1) is 32.5 Å². The molecule has 21 heteroatoms. The lowest BCUT2D eigenvalue weighted by atomic mass is 10.3. The maximum atomic E-state index is 12.7. The predicted octanol–water partition coefficient (Wildman–Crippen LogP) is 8.21. The lowest BCUT2D eigenvalue weighted by Crippen LogP contribution is -2.16. The standard InChI is InChI=1S/C16H11Cl3N4O3S.C10H5BrCl3N3O2S/c17-11-4-1-5-12(14(11)19)27(24,25)23-15-16(21-8-13(18)22-15)26-9-10-3-2-6-20-7-10;11-9-10(14)16-7(4-15-9)17-20(18,19)6-3-1-2-5(12)8(6)13/h1-8H,9H2,(H,22,23);1-4H,(H,16,17). The van der Waals surface area contributed by atoms with Crippen molar-refractivity contribution in [3.63, 3.8) is 0 Å². The Kier molecular flexibility index (Phi) is 12.7. The summed E-state index contributed by atoms with van der Waals surface area (Å²) in [6, 6.07) is 12.1. The molecule has 0 aliphatic rings. The molecule has 3 heterocycles. The zero-order valence-corrected chi connectivity index (χ0v) is 30.6. The molecule has 0 aliphatic heterocycles. The third-order valence-electron chi connectivity index (χ3n) is 5.38. The number of hydrogen-bond acceptors (Lipinski definition) is 10. The average Bonchev–Trinajstić information content (AvgIpc) is 3.01. The molecule has 0 radical (unpaired) electrons. The summed E-state index contributed by atoms with van der Waals surface area (Å²) in [6.45, 7) is 0.108. The molecule has 0 saturated heterocycles. The zero-order chi connectivity index (χ0) is 34.4. The molecule has 0 fully saturated rings. The van der Waals surface area contributed by atoms with Gasteiger partial charge in [-0.2, -0.15) is 0 Å². The lowest BCUT2D eigenvalue weighted by Gasteiger charge is -2.13. The molecule has 0 saturated carbocycles. The Morgan fingerprint density at radius 1 is 0.723 bits per heavy atom. The molecule has 0 unspecified atom stereocenters. The Morgan fingerprint density at radius 3 is 1.91 bits per heavy atom. The Balaban J connectivity index is 0.000000223. The lowest BCUT2D eigenvalue weighted by molar-refractivity contribution is 0.294. The third-order valence-corrected chi connectivity index (χ3v) is 11.3. The fourth-order valence-corrected chi connectivity index (χ4v) is 7.30. The van der Waals surface area contributed by atoms with Crippen molar-refractivity contribution in [1.82, 2.24) is 24.9 Å². The minimum Gasteiger partial charge on any atom is -0.470 e. The first-order valence-corrected chi connectivity index (χ1v) is 18.4. The second-order valence-corrected chi connectivity index (χ2v) is 15.0. The number of halogens is 7. The van der Waals surface area contributed by atoms with Gasteiger partial charge < -0.3 is 4.74 Å². The van der Waals surface area contributed by atoms with Gasteiger partial charge in [-0.1, -0.05) is 87.8 Å². The van der Waals surface area contributed by atoms with Crippen LogP contribution >= 0.6 is 85.5 Å². The largest absolute Gasteiger partial charge is 0.470 e. The maximum absolute atomic E-state index is 12.7. The van der Waals surface area contributed by atoms with E-state index in [1.807, 2.05) is 0 Å². The summed E-state index contributed by atoms with van der Waals surface area (Å²) in [6.07, 6.45) is 5.69. The molecule has 3 aromatic heterocycles. The van der Waals surface area contributed by atoms with Crippen LogP contribution in [0.3, 0.4) is 0 Å². The maximum Gasteiger partial charge on any atom is 0.264 e. The first-order valence-electron chi connectivity index (χ1n) is 12.3. The Labute approximate surface area is 307 Å². The summed E-state index contributed by atoms with van der Waals surface area (Å²) >= 11 is 38.2. The van der Waals surface area contributed by atoms with Gasteiger partial charge >= 0.3 is 0 Å². The van der Waals surface area contributed by atoms with Crippen LogP contribution in [0.2, 0.25) is 30.4 Å². The number of sulfonamides is 2. The van der Waals surface area contributed by atoms with Crippen molar-refractivity contribution in [3.8, 4) is 5.88 Å². The normalized spacial score (nSPS) is 11.3. The summed E-state index contributed by atoms with van der Waals surface area (Å²) in [5.41, 5.74) is 0.765. The number of nitrogens with one attached hydrogen (secondary N) is 2. The third kappa shape index (κ3) is 9.90. The van der Waals surface area contributed by atoms with E-state index in [1.165, 1.54) is 48.8 Å². The van der Waals surface area contributed by atoms with Gasteiger partial charge in [0.25, 0.3) is 25.9 Å². The molecule has 47 heavy (non-hydrogen) atoms. The van der Waals surface area contributed by atoms with Crippen LogP contribution in [0.1, 0.15) is 5.56 Å². The van der Waals surface area contributed by atoms with E-state index in [0.717, 1.165) is 5.56 Å². The van der Waals surface area contributed by atoms with Crippen molar-refractivity contribution in [3.05, 3.63) is 114 Å². The van der Waals surface area contributed by atoms with E-state index in [0.29, 0.717) is 4.60 Å². The Hall–Kier alpha value is -2.73. The van der Waals surface area contributed by atoms with E-state index >= 15 is 0 Å². The summed E-state index contributed by atoms with van der Waals surface area (Å²) in [5.74, 6) is -0.262. The second kappa shape index (κ2) is 16.1. The van der Waals surface area contributed by atoms with Gasteiger partial charge in [0.15, 0.2) is 11.0 Å². The molecule has 12 nitrogen and oxygen atoms in total. The van der Waals surface area contributed by atoms with Crippen molar-refractivity contribution < 1.29 is 21.6 Å². The fraction of sp³-hybridized carbons (Fsp3) is 0.0385. The topological polar surface area (TPSA) is 166 Å². The van der Waals surface area contributed by atoms with Crippen molar-refractivity contribution >= 4 is 117 Å². The van der Waals surface area contributed by atoms with Gasteiger partial charge in [0.2, 0.25) is 5.82 Å². The molecule has 246 valence electrons. The molecule has 0 amide bonds. The SMILES string of the molecule is O=S(=O)(Nc1cnc(Br)c(Cl)n1)c1cccc(Cl)c1Cl.O=S(=O)(Nc1nc(Cl)cnc1OCc1cccnc1)c1cccc(Cl)c1Cl. The van der Waals surface area contributed by atoms with E-state index < -0.39 is 20.0 Å². The number of ether oxygens (including phenoxy) is 1. The highest BCUT2D eigenvalue weighted by atomic mass is 79.9. The fourth-order valence-electron chi connectivity index (χ4n) is 3.32. The molecular weight excluding hydrogens is 847 g/mol. The van der Waals surface area contributed by atoms with Crippen molar-refractivity contribution in [2.45, 2.75) is 16.4 Å². The van der Waals surface area contributed by atoms with Gasteiger partial charge in [-0.15, -0.1) is 0 Å². The highest BCUT2D eigenvalue weighted by molar-refractivity contribution is 9.10. The van der Waals surface area contributed by atoms with Gasteiger partial charge in [0, 0.05) is 18.0 Å². The molecule has 2 aromatic carbocycles. The number of rotatable bonds is 9. The summed E-state index contributed by atoms with van der Waals surface area (Å²) < 4.78 is 60.1. The van der Waals surface area contributed by atoms with Gasteiger partial charge in [-0.25, -0.2) is 36.8 Å². The van der Waals surface area contributed by atoms with Crippen LogP contribution in [0.4, 0.5) is 11.6 Å². The number of aromatic nitrogens is 5. The molecule has 5 aromatic rings. The van der Waals surface area contributed by atoms with Crippen LogP contribution in [0.25, 0.3) is 0 Å². The number of benzene rings is 2. The predicted molar refractivity (Wildman–Crippen MR) is 185 cm³/mol. The molecule has 2 N–H and O–H groups in total. The molecule has 0 spiro atoms.